The second-order valence-electron chi connectivity index (χ2n) is 4.96. The lowest BCUT2D eigenvalue weighted by Gasteiger charge is -2.28. The molecule has 1 rings (SSSR count). The highest BCUT2D eigenvalue weighted by molar-refractivity contribution is 4.93. The maximum atomic E-state index is 4.28. The third-order valence-corrected chi connectivity index (χ3v) is 3.31. The Balaban J connectivity index is 2.59. The molecule has 0 aliphatic carbocycles. The molecule has 0 N–H and O–H groups in total. The molecule has 0 aliphatic heterocycles. The van der Waals surface area contributed by atoms with Crippen molar-refractivity contribution in [1.82, 2.24) is 9.55 Å². The van der Waals surface area contributed by atoms with Gasteiger partial charge in [-0.15, -0.1) is 0 Å². The molecule has 0 saturated carbocycles. The van der Waals surface area contributed by atoms with Gasteiger partial charge in [0, 0.05) is 12.7 Å². The van der Waals surface area contributed by atoms with E-state index in [0.717, 1.165) is 12.2 Å². The normalized spacial score (nSPS) is 15.2. The lowest BCUT2D eigenvalue weighted by Crippen LogP contribution is -2.22. The summed E-state index contributed by atoms with van der Waals surface area (Å²) in [5.41, 5.74) is 1.55. The van der Waals surface area contributed by atoms with E-state index in [1.165, 1.54) is 25.7 Å². The van der Waals surface area contributed by atoms with Crippen molar-refractivity contribution in [3.63, 3.8) is 0 Å². The Morgan fingerprint density at radius 3 is 2.60 bits per heavy atom. The summed E-state index contributed by atoms with van der Waals surface area (Å²) in [4.78, 5) is 4.28. The molecule has 0 bridgehead atoms. The van der Waals surface area contributed by atoms with E-state index < -0.39 is 0 Å². The Hall–Kier alpha value is -0.790. The molecule has 0 amide bonds. The standard InChI is InChI=1S/C13H24N2/c1-5-7-8-13(4,6-2)10-15-9-12(3)14-11-15/h9,11H,5-8,10H2,1-4H3. The quantitative estimate of drug-likeness (QED) is 0.695. The summed E-state index contributed by atoms with van der Waals surface area (Å²) in [7, 11) is 0. The molecular weight excluding hydrogens is 184 g/mol. The summed E-state index contributed by atoms with van der Waals surface area (Å²) >= 11 is 0. The minimum Gasteiger partial charge on any atom is -0.337 e. The number of hydrogen-bond acceptors (Lipinski definition) is 1. The Morgan fingerprint density at radius 1 is 1.40 bits per heavy atom. The molecule has 0 aromatic carbocycles. The molecule has 1 unspecified atom stereocenters. The van der Waals surface area contributed by atoms with Crippen molar-refractivity contribution >= 4 is 0 Å². The highest BCUT2D eigenvalue weighted by atomic mass is 15.0. The smallest absolute Gasteiger partial charge is 0.0949 e. The first-order valence-electron chi connectivity index (χ1n) is 6.08. The fourth-order valence-corrected chi connectivity index (χ4v) is 1.97. The lowest BCUT2D eigenvalue weighted by atomic mass is 9.82. The zero-order valence-corrected chi connectivity index (χ0v) is 10.6. The molecule has 0 aliphatic rings. The van der Waals surface area contributed by atoms with Crippen LogP contribution < -0.4 is 0 Å². The van der Waals surface area contributed by atoms with E-state index >= 15 is 0 Å². The monoisotopic (exact) mass is 208 g/mol. The zero-order valence-electron chi connectivity index (χ0n) is 10.6. The van der Waals surface area contributed by atoms with Gasteiger partial charge in [-0.3, -0.25) is 0 Å². The summed E-state index contributed by atoms with van der Waals surface area (Å²) in [6.07, 6.45) is 9.27. The van der Waals surface area contributed by atoms with Gasteiger partial charge in [-0.1, -0.05) is 33.6 Å². The van der Waals surface area contributed by atoms with E-state index in [1.807, 2.05) is 13.3 Å². The fraction of sp³-hybridized carbons (Fsp3) is 0.769. The van der Waals surface area contributed by atoms with E-state index in [1.54, 1.807) is 0 Å². The Bertz CT molecular complexity index is 290. The molecule has 0 radical (unpaired) electrons. The molecule has 15 heavy (non-hydrogen) atoms. The first-order valence-corrected chi connectivity index (χ1v) is 6.08. The second-order valence-corrected chi connectivity index (χ2v) is 4.96. The third kappa shape index (κ3) is 3.69. The van der Waals surface area contributed by atoms with Crippen LogP contribution in [0.5, 0.6) is 0 Å². The third-order valence-electron chi connectivity index (χ3n) is 3.31. The number of aryl methyl sites for hydroxylation is 1. The largest absolute Gasteiger partial charge is 0.337 e. The van der Waals surface area contributed by atoms with E-state index in [-0.39, 0.29) is 0 Å². The topological polar surface area (TPSA) is 17.8 Å². The van der Waals surface area contributed by atoms with Gasteiger partial charge < -0.3 is 4.57 Å². The van der Waals surface area contributed by atoms with E-state index in [4.69, 9.17) is 0 Å². The minimum absolute atomic E-state index is 0.434. The van der Waals surface area contributed by atoms with Crippen molar-refractivity contribution in [2.75, 3.05) is 0 Å². The van der Waals surface area contributed by atoms with Gasteiger partial charge >= 0.3 is 0 Å². The van der Waals surface area contributed by atoms with Crippen molar-refractivity contribution in [2.24, 2.45) is 5.41 Å². The van der Waals surface area contributed by atoms with E-state index in [2.05, 4.69) is 36.5 Å². The summed E-state index contributed by atoms with van der Waals surface area (Å²) < 4.78 is 2.23. The van der Waals surface area contributed by atoms with E-state index in [0.29, 0.717) is 5.41 Å². The Kier molecular flexibility index (Phi) is 4.37. The zero-order chi connectivity index (χ0) is 11.3. The Labute approximate surface area is 93.7 Å². The predicted molar refractivity (Wildman–Crippen MR) is 64.9 cm³/mol. The van der Waals surface area contributed by atoms with Gasteiger partial charge in [0.1, 0.15) is 0 Å². The number of imidazole rings is 1. The molecule has 1 heterocycles. The second kappa shape index (κ2) is 5.34. The highest BCUT2D eigenvalue weighted by Crippen LogP contribution is 2.30. The molecule has 0 saturated heterocycles. The number of aromatic nitrogens is 2. The van der Waals surface area contributed by atoms with Crippen LogP contribution in [0.2, 0.25) is 0 Å². The van der Waals surface area contributed by atoms with Crippen LogP contribution in [0, 0.1) is 12.3 Å². The minimum atomic E-state index is 0.434. The predicted octanol–water partition coefficient (Wildman–Crippen LogP) is 3.80. The molecule has 2 heteroatoms. The van der Waals surface area contributed by atoms with Gasteiger partial charge in [0.2, 0.25) is 0 Å². The van der Waals surface area contributed by atoms with Gasteiger partial charge in [-0.25, -0.2) is 4.98 Å². The number of hydrogen-bond donors (Lipinski definition) is 0. The Morgan fingerprint density at radius 2 is 2.13 bits per heavy atom. The molecular formula is C13H24N2. The maximum Gasteiger partial charge on any atom is 0.0949 e. The van der Waals surface area contributed by atoms with Crippen LogP contribution >= 0.6 is 0 Å². The molecule has 86 valence electrons. The van der Waals surface area contributed by atoms with Gasteiger partial charge in [0.15, 0.2) is 0 Å². The van der Waals surface area contributed by atoms with Crippen molar-refractivity contribution in [1.29, 1.82) is 0 Å². The number of rotatable bonds is 6. The molecule has 1 aromatic heterocycles. The van der Waals surface area contributed by atoms with Crippen molar-refractivity contribution in [3.8, 4) is 0 Å². The van der Waals surface area contributed by atoms with Crippen molar-refractivity contribution in [2.45, 2.75) is 59.9 Å². The van der Waals surface area contributed by atoms with Crippen molar-refractivity contribution < 1.29 is 0 Å². The van der Waals surface area contributed by atoms with Gasteiger partial charge in [0.25, 0.3) is 0 Å². The van der Waals surface area contributed by atoms with Crippen LogP contribution in [0.4, 0.5) is 0 Å². The van der Waals surface area contributed by atoms with E-state index in [9.17, 15) is 0 Å². The van der Waals surface area contributed by atoms with Crippen molar-refractivity contribution in [3.05, 3.63) is 18.2 Å². The maximum absolute atomic E-state index is 4.28. The van der Waals surface area contributed by atoms with Crippen LogP contribution in [-0.2, 0) is 6.54 Å². The van der Waals surface area contributed by atoms with Crippen LogP contribution in [0.25, 0.3) is 0 Å². The molecule has 1 aromatic rings. The fourth-order valence-electron chi connectivity index (χ4n) is 1.97. The van der Waals surface area contributed by atoms with Gasteiger partial charge in [-0.2, -0.15) is 0 Å². The lowest BCUT2D eigenvalue weighted by molar-refractivity contribution is 0.232. The van der Waals surface area contributed by atoms with Gasteiger partial charge in [0.05, 0.1) is 12.0 Å². The highest BCUT2D eigenvalue weighted by Gasteiger charge is 2.21. The van der Waals surface area contributed by atoms with Crippen LogP contribution in [0.1, 0.15) is 52.1 Å². The summed E-state index contributed by atoms with van der Waals surface area (Å²) in [5, 5.41) is 0. The summed E-state index contributed by atoms with van der Waals surface area (Å²) in [6.45, 7) is 10.1. The summed E-state index contributed by atoms with van der Waals surface area (Å²) in [6, 6.07) is 0. The van der Waals surface area contributed by atoms with Crippen LogP contribution in [0.3, 0.4) is 0 Å². The van der Waals surface area contributed by atoms with Crippen LogP contribution in [-0.4, -0.2) is 9.55 Å². The molecule has 1 atom stereocenters. The summed E-state index contributed by atoms with van der Waals surface area (Å²) in [5.74, 6) is 0. The first kappa shape index (κ1) is 12.3. The number of unbranched alkanes of at least 4 members (excludes halogenated alkanes) is 1. The average Bonchev–Trinajstić information content (AvgIpc) is 2.61. The molecule has 0 fully saturated rings. The molecule has 2 nitrogen and oxygen atoms in total. The SMILES string of the molecule is CCCCC(C)(CC)Cn1cnc(C)c1. The van der Waals surface area contributed by atoms with Crippen LogP contribution in [0.15, 0.2) is 12.5 Å². The van der Waals surface area contributed by atoms with Gasteiger partial charge in [-0.05, 0) is 25.2 Å². The number of nitrogens with zero attached hydrogens (tertiary/aromatic N) is 2. The first-order chi connectivity index (χ1) is 7.09. The average molecular weight is 208 g/mol. The molecule has 0 spiro atoms.